The van der Waals surface area contributed by atoms with Crippen LogP contribution in [-0.4, -0.2) is 19.6 Å². The number of hydrogen-bond acceptors (Lipinski definition) is 2. The molecule has 0 unspecified atom stereocenters. The van der Waals surface area contributed by atoms with Crippen LogP contribution in [0.4, 0.5) is 5.69 Å². The lowest BCUT2D eigenvalue weighted by Gasteiger charge is -2.24. The fraction of sp³-hybridized carbons (Fsp3) is 0.208. The summed E-state index contributed by atoms with van der Waals surface area (Å²) in [4.78, 5) is 15.3. The maximum atomic E-state index is 13.1. The highest BCUT2D eigenvalue weighted by molar-refractivity contribution is 7.63. The number of rotatable bonds is 6. The second-order valence-electron chi connectivity index (χ2n) is 7.08. The van der Waals surface area contributed by atoms with Gasteiger partial charge in [0.2, 0.25) is 0 Å². The standard InChI is InChI=1S/C24H27N2OP/c1-18-15-16-22(26(3)17-20-11-7-5-8-12-20)19(2)23(18)24(27)25-28(4)21-13-9-6-10-14-21/h5-16H,17H2,1-4H3,(H,25,27)/t28-/m0/s1. The Hall–Kier alpha value is -2.64. The summed E-state index contributed by atoms with van der Waals surface area (Å²) in [6, 6.07) is 24.7. The molecule has 0 aromatic heterocycles. The van der Waals surface area contributed by atoms with Gasteiger partial charge in [0.1, 0.15) is 0 Å². The van der Waals surface area contributed by atoms with E-state index in [1.165, 1.54) is 10.9 Å². The van der Waals surface area contributed by atoms with E-state index in [-0.39, 0.29) is 5.91 Å². The molecule has 0 bridgehead atoms. The summed E-state index contributed by atoms with van der Waals surface area (Å²) >= 11 is 0. The van der Waals surface area contributed by atoms with Gasteiger partial charge < -0.3 is 9.99 Å². The van der Waals surface area contributed by atoms with Crippen molar-refractivity contribution in [1.29, 1.82) is 0 Å². The zero-order valence-electron chi connectivity index (χ0n) is 16.9. The second kappa shape index (κ2) is 9.03. The molecule has 0 fully saturated rings. The number of anilines is 1. The second-order valence-corrected chi connectivity index (χ2v) is 8.94. The minimum atomic E-state index is -0.741. The fourth-order valence-electron chi connectivity index (χ4n) is 3.47. The number of nitrogens with one attached hydrogen (secondary N) is 1. The molecule has 144 valence electrons. The zero-order chi connectivity index (χ0) is 20.1. The molecule has 0 aliphatic heterocycles. The van der Waals surface area contributed by atoms with Crippen molar-refractivity contribution in [3.63, 3.8) is 0 Å². The van der Waals surface area contributed by atoms with Crippen LogP contribution < -0.4 is 15.3 Å². The van der Waals surface area contributed by atoms with Crippen LogP contribution in [0.25, 0.3) is 0 Å². The smallest absolute Gasteiger partial charge is 0.255 e. The number of carbonyl (C=O) groups excluding carboxylic acids is 1. The monoisotopic (exact) mass is 390 g/mol. The van der Waals surface area contributed by atoms with Gasteiger partial charge in [-0.2, -0.15) is 0 Å². The van der Waals surface area contributed by atoms with Crippen molar-refractivity contribution in [2.75, 3.05) is 18.6 Å². The molecule has 0 saturated carbocycles. The first-order valence-corrected chi connectivity index (χ1v) is 11.2. The van der Waals surface area contributed by atoms with Gasteiger partial charge >= 0.3 is 0 Å². The first-order chi connectivity index (χ1) is 13.5. The predicted molar refractivity (Wildman–Crippen MR) is 121 cm³/mol. The summed E-state index contributed by atoms with van der Waals surface area (Å²) < 4.78 is 0. The van der Waals surface area contributed by atoms with Crippen molar-refractivity contribution >= 4 is 25.0 Å². The predicted octanol–water partition coefficient (Wildman–Crippen LogP) is 5.02. The number of aryl methyl sites for hydroxylation is 1. The maximum absolute atomic E-state index is 13.1. The van der Waals surface area contributed by atoms with Gasteiger partial charge in [0.05, 0.1) is 0 Å². The van der Waals surface area contributed by atoms with Crippen LogP contribution in [-0.2, 0) is 6.54 Å². The lowest BCUT2D eigenvalue weighted by molar-refractivity contribution is 0.0981. The van der Waals surface area contributed by atoms with Gasteiger partial charge in [-0.25, -0.2) is 0 Å². The van der Waals surface area contributed by atoms with Crippen LogP contribution in [0.5, 0.6) is 0 Å². The number of benzene rings is 3. The minimum Gasteiger partial charge on any atom is -0.370 e. The van der Waals surface area contributed by atoms with E-state index < -0.39 is 8.07 Å². The molecule has 0 saturated heterocycles. The Bertz CT molecular complexity index is 942. The number of hydrogen-bond donors (Lipinski definition) is 1. The van der Waals surface area contributed by atoms with E-state index in [0.29, 0.717) is 0 Å². The van der Waals surface area contributed by atoms with Crippen molar-refractivity contribution in [1.82, 2.24) is 5.09 Å². The zero-order valence-corrected chi connectivity index (χ0v) is 17.8. The third-order valence-corrected chi connectivity index (χ3v) is 6.57. The van der Waals surface area contributed by atoms with E-state index in [1.54, 1.807) is 0 Å². The lowest BCUT2D eigenvalue weighted by Crippen LogP contribution is -2.25. The Labute approximate surface area is 169 Å². The van der Waals surface area contributed by atoms with Crippen molar-refractivity contribution in [3.05, 3.63) is 95.1 Å². The van der Waals surface area contributed by atoms with E-state index >= 15 is 0 Å². The summed E-state index contributed by atoms with van der Waals surface area (Å²) in [5.41, 5.74) is 5.13. The van der Waals surface area contributed by atoms with Crippen molar-refractivity contribution in [2.24, 2.45) is 0 Å². The van der Waals surface area contributed by atoms with Crippen molar-refractivity contribution < 1.29 is 4.79 Å². The van der Waals surface area contributed by atoms with Crippen LogP contribution in [0.1, 0.15) is 27.0 Å². The quantitative estimate of drug-likeness (QED) is 0.599. The Balaban J connectivity index is 1.83. The normalized spacial score (nSPS) is 11.7. The Morgan fingerprint density at radius 3 is 2.18 bits per heavy atom. The topological polar surface area (TPSA) is 32.3 Å². The molecule has 0 aliphatic carbocycles. The largest absolute Gasteiger partial charge is 0.370 e. The van der Waals surface area contributed by atoms with Gasteiger partial charge in [-0.3, -0.25) is 4.79 Å². The van der Waals surface area contributed by atoms with Gasteiger partial charge in [-0.05, 0) is 48.6 Å². The molecular formula is C24H27N2OP. The van der Waals surface area contributed by atoms with Gasteiger partial charge in [-0.1, -0.05) is 66.7 Å². The van der Waals surface area contributed by atoms with Crippen LogP contribution in [0.2, 0.25) is 0 Å². The molecule has 0 spiro atoms. The molecule has 4 heteroatoms. The molecule has 1 atom stereocenters. The summed E-state index contributed by atoms with van der Waals surface area (Å²) in [6.45, 7) is 6.93. The highest BCUT2D eigenvalue weighted by Crippen LogP contribution is 2.29. The molecular weight excluding hydrogens is 363 g/mol. The van der Waals surface area contributed by atoms with Crippen LogP contribution in [0, 0.1) is 13.8 Å². The first kappa shape index (κ1) is 20.1. The van der Waals surface area contributed by atoms with Crippen molar-refractivity contribution in [3.8, 4) is 0 Å². The number of amides is 1. The molecule has 3 rings (SSSR count). The Kier molecular flexibility index (Phi) is 6.49. The van der Waals surface area contributed by atoms with Gasteiger partial charge in [0, 0.05) is 32.9 Å². The van der Waals surface area contributed by atoms with E-state index in [1.807, 2.05) is 44.2 Å². The number of carbonyl (C=O) groups is 1. The lowest BCUT2D eigenvalue weighted by atomic mass is 10.00. The Morgan fingerprint density at radius 2 is 1.54 bits per heavy atom. The third-order valence-electron chi connectivity index (χ3n) is 4.96. The molecule has 1 N–H and O–H groups in total. The fourth-order valence-corrected chi connectivity index (χ4v) is 4.63. The molecule has 0 heterocycles. The average Bonchev–Trinajstić information content (AvgIpc) is 2.69. The summed E-state index contributed by atoms with van der Waals surface area (Å²) in [5.74, 6) is 0.00225. The molecule has 3 aromatic carbocycles. The van der Waals surface area contributed by atoms with Crippen molar-refractivity contribution in [2.45, 2.75) is 20.4 Å². The summed E-state index contributed by atoms with van der Waals surface area (Å²) in [5, 5.41) is 4.38. The molecule has 0 aliphatic rings. The summed E-state index contributed by atoms with van der Waals surface area (Å²) in [7, 11) is 1.33. The highest BCUT2D eigenvalue weighted by atomic mass is 31.1. The summed E-state index contributed by atoms with van der Waals surface area (Å²) in [6.07, 6.45) is 0. The Morgan fingerprint density at radius 1 is 0.929 bits per heavy atom. The average molecular weight is 390 g/mol. The molecule has 28 heavy (non-hydrogen) atoms. The van der Waals surface area contributed by atoms with Gasteiger partial charge in [-0.15, -0.1) is 0 Å². The first-order valence-electron chi connectivity index (χ1n) is 9.42. The maximum Gasteiger partial charge on any atom is 0.255 e. The molecule has 3 aromatic rings. The number of nitrogens with zero attached hydrogens (tertiary/aromatic N) is 1. The van der Waals surface area contributed by atoms with Gasteiger partial charge in [0.15, 0.2) is 0 Å². The molecule has 1 amide bonds. The highest BCUT2D eigenvalue weighted by Gasteiger charge is 2.19. The third kappa shape index (κ3) is 4.61. The molecule has 3 nitrogen and oxygen atoms in total. The van der Waals surface area contributed by atoms with E-state index in [2.05, 4.69) is 66.2 Å². The minimum absolute atomic E-state index is 0.00225. The SMILES string of the molecule is Cc1ccc(N(C)Cc2ccccc2)c(C)c1C(=O)N[P@@](C)c1ccccc1. The van der Waals surface area contributed by atoms with E-state index in [4.69, 9.17) is 0 Å². The van der Waals surface area contributed by atoms with E-state index in [0.717, 1.165) is 28.9 Å². The van der Waals surface area contributed by atoms with Crippen LogP contribution in [0.15, 0.2) is 72.8 Å². The molecule has 0 radical (unpaired) electrons. The van der Waals surface area contributed by atoms with E-state index in [9.17, 15) is 4.79 Å². The van der Waals surface area contributed by atoms with Crippen LogP contribution in [0.3, 0.4) is 0 Å². The van der Waals surface area contributed by atoms with Gasteiger partial charge in [0.25, 0.3) is 5.91 Å². The van der Waals surface area contributed by atoms with Crippen LogP contribution >= 0.6 is 8.07 Å².